The van der Waals surface area contributed by atoms with E-state index in [2.05, 4.69) is 0 Å². The summed E-state index contributed by atoms with van der Waals surface area (Å²) in [5.41, 5.74) is 8.21. The Kier molecular flexibility index (Phi) is 6.17. The van der Waals surface area contributed by atoms with Gasteiger partial charge in [0.2, 0.25) is 10.0 Å². The van der Waals surface area contributed by atoms with Crippen LogP contribution in [-0.4, -0.2) is 32.2 Å². The van der Waals surface area contributed by atoms with Crippen LogP contribution in [0.1, 0.15) is 30.7 Å². The quantitative estimate of drug-likeness (QED) is 0.355. The zero-order chi connectivity index (χ0) is 25.5. The third kappa shape index (κ3) is 4.29. The number of rotatable bonds is 5. The average Bonchev–Trinajstić information content (AvgIpc) is 2.82. The Morgan fingerprint density at radius 2 is 1.74 bits per heavy atom. The number of nitro groups is 1. The van der Waals surface area contributed by atoms with Gasteiger partial charge >= 0.3 is 5.97 Å². The number of benzene rings is 2. The van der Waals surface area contributed by atoms with Crippen molar-refractivity contribution in [2.45, 2.75) is 30.1 Å². The molecule has 182 valence electrons. The number of Topliss-reactive ketones (excluding diaryl/α,β-unsaturated/α-hetero) is 1. The van der Waals surface area contributed by atoms with Crippen LogP contribution in [0.15, 0.2) is 76.1 Å². The predicted molar refractivity (Wildman–Crippen MR) is 125 cm³/mol. The van der Waals surface area contributed by atoms with Gasteiger partial charge in [0.25, 0.3) is 5.69 Å². The lowest BCUT2D eigenvalue weighted by atomic mass is 9.75. The maximum Gasteiger partial charge on any atom is 0.338 e. The van der Waals surface area contributed by atoms with E-state index in [4.69, 9.17) is 15.6 Å². The number of methoxy groups -OCH3 is 1. The molecule has 1 heterocycles. The number of sulfonamides is 1. The normalized spacial score (nSPS) is 18.4. The third-order valence-corrected chi connectivity index (χ3v) is 6.99. The monoisotopic (exact) mass is 498 g/mol. The molecule has 1 aliphatic heterocycles. The number of nitrogens with zero attached hydrogens (tertiary/aromatic N) is 2. The second-order valence-electron chi connectivity index (χ2n) is 8.08. The van der Waals surface area contributed by atoms with Crippen LogP contribution in [0.2, 0.25) is 0 Å². The molecule has 35 heavy (non-hydrogen) atoms. The Bertz CT molecular complexity index is 1390. The summed E-state index contributed by atoms with van der Waals surface area (Å²) in [6.07, 6.45) is 1.28. The molecule has 0 radical (unpaired) electrons. The number of hydrogen-bond acceptors (Lipinski definition) is 9. The lowest BCUT2D eigenvalue weighted by molar-refractivity contribution is -0.384. The first-order chi connectivity index (χ1) is 16.5. The first-order valence-corrected chi connectivity index (χ1v) is 12.1. The number of esters is 1. The van der Waals surface area contributed by atoms with Crippen LogP contribution < -0.4 is 15.8 Å². The Hall–Kier alpha value is -4.03. The van der Waals surface area contributed by atoms with Crippen LogP contribution in [0.3, 0.4) is 0 Å². The van der Waals surface area contributed by atoms with Gasteiger partial charge in [0.15, 0.2) is 5.78 Å². The highest BCUT2D eigenvalue weighted by atomic mass is 32.2. The van der Waals surface area contributed by atoms with Crippen molar-refractivity contribution in [3.8, 4) is 0 Å². The molecule has 2 aromatic carbocycles. The molecule has 2 aliphatic rings. The Labute approximate surface area is 200 Å². The lowest BCUT2D eigenvalue weighted by Gasteiger charge is -2.40. The van der Waals surface area contributed by atoms with E-state index < -0.39 is 26.8 Å². The van der Waals surface area contributed by atoms with Crippen molar-refractivity contribution in [1.29, 1.82) is 0 Å². The summed E-state index contributed by atoms with van der Waals surface area (Å²) >= 11 is 0. The second kappa shape index (κ2) is 8.96. The number of ether oxygens (including phenoxy) is 1. The maximum atomic E-state index is 13.2. The molecule has 11 nitrogen and oxygen atoms in total. The van der Waals surface area contributed by atoms with Crippen LogP contribution >= 0.6 is 0 Å². The van der Waals surface area contributed by atoms with Gasteiger partial charge in [-0.25, -0.2) is 18.4 Å². The van der Waals surface area contributed by atoms with Crippen molar-refractivity contribution in [2.75, 3.05) is 12.0 Å². The molecule has 0 unspecified atom stereocenters. The van der Waals surface area contributed by atoms with Crippen LogP contribution in [-0.2, 0) is 24.3 Å². The van der Waals surface area contributed by atoms with Gasteiger partial charge in [-0.3, -0.25) is 19.8 Å². The molecule has 4 N–H and O–H groups in total. The van der Waals surface area contributed by atoms with Gasteiger partial charge in [-0.15, -0.1) is 0 Å². The molecule has 1 aliphatic carbocycles. The highest BCUT2D eigenvalue weighted by Gasteiger charge is 2.43. The highest BCUT2D eigenvalue weighted by molar-refractivity contribution is 7.89. The molecule has 4 rings (SSSR count). The number of hydrogen-bond donors (Lipinski definition) is 2. The molecular weight excluding hydrogens is 476 g/mol. The largest absolute Gasteiger partial charge is 0.466 e. The van der Waals surface area contributed by atoms with Crippen molar-refractivity contribution in [3.05, 3.63) is 86.9 Å². The molecule has 12 heteroatoms. The first-order valence-electron chi connectivity index (χ1n) is 10.6. The second-order valence-corrected chi connectivity index (χ2v) is 9.64. The van der Waals surface area contributed by atoms with Gasteiger partial charge in [0.1, 0.15) is 5.82 Å². The van der Waals surface area contributed by atoms with E-state index in [0.717, 1.165) is 0 Å². The Balaban J connectivity index is 1.94. The number of carbonyl (C=O) groups excluding carboxylic acids is 2. The van der Waals surface area contributed by atoms with E-state index in [9.17, 15) is 28.1 Å². The number of allylic oxidation sites excluding steroid dienone is 2. The molecule has 0 saturated heterocycles. The summed E-state index contributed by atoms with van der Waals surface area (Å²) in [7, 11) is -2.74. The number of carbonyl (C=O) groups is 2. The fourth-order valence-electron chi connectivity index (χ4n) is 4.50. The van der Waals surface area contributed by atoms with Gasteiger partial charge in [-0.1, -0.05) is 12.1 Å². The van der Waals surface area contributed by atoms with Crippen LogP contribution in [0.4, 0.5) is 11.4 Å². The van der Waals surface area contributed by atoms with E-state index in [1.165, 1.54) is 55.6 Å². The van der Waals surface area contributed by atoms with Crippen molar-refractivity contribution in [2.24, 2.45) is 10.9 Å². The average molecular weight is 499 g/mol. The van der Waals surface area contributed by atoms with Crippen molar-refractivity contribution in [1.82, 2.24) is 0 Å². The number of anilines is 1. The molecule has 0 amide bonds. The molecule has 0 aromatic heterocycles. The summed E-state index contributed by atoms with van der Waals surface area (Å²) in [6, 6.07) is 11.2. The first kappa shape index (κ1) is 24.1. The van der Waals surface area contributed by atoms with Gasteiger partial charge in [0, 0.05) is 35.5 Å². The standard InChI is InChI=1S/C23H22N4O7S/c1-34-23(29)21-19(13-5-7-15(8-6-13)27(30)31)20-17(3-2-4-18(20)28)26(22(21)24)14-9-11-16(12-10-14)35(25,32)33/h5-12,19H,2-4,24H2,1H3,(H2,25,32,33)/t19-/m1/s1. The minimum absolute atomic E-state index is 0.00544. The van der Waals surface area contributed by atoms with Gasteiger partial charge in [-0.2, -0.15) is 0 Å². The number of non-ortho nitro benzene ring substituents is 1. The smallest absolute Gasteiger partial charge is 0.338 e. The molecule has 0 saturated carbocycles. The molecule has 2 aromatic rings. The fourth-order valence-corrected chi connectivity index (χ4v) is 5.01. The van der Waals surface area contributed by atoms with Crippen LogP contribution in [0.5, 0.6) is 0 Å². The van der Waals surface area contributed by atoms with Crippen molar-refractivity contribution < 1.29 is 27.7 Å². The fraction of sp³-hybridized carbons (Fsp3) is 0.217. The summed E-state index contributed by atoms with van der Waals surface area (Å²) in [5, 5.41) is 16.3. The molecule has 1 atom stereocenters. The zero-order valence-corrected chi connectivity index (χ0v) is 19.4. The summed E-state index contributed by atoms with van der Waals surface area (Å²) < 4.78 is 28.3. The minimum atomic E-state index is -3.93. The maximum absolute atomic E-state index is 13.2. The summed E-state index contributed by atoms with van der Waals surface area (Å²) in [6.45, 7) is 0. The van der Waals surface area contributed by atoms with E-state index in [0.29, 0.717) is 35.4 Å². The van der Waals surface area contributed by atoms with E-state index in [-0.39, 0.29) is 34.2 Å². The zero-order valence-electron chi connectivity index (χ0n) is 18.6. The molecule has 0 bridgehead atoms. The summed E-state index contributed by atoms with van der Waals surface area (Å²) in [4.78, 5) is 38.2. The number of primary sulfonamides is 1. The van der Waals surface area contributed by atoms with Gasteiger partial charge < -0.3 is 10.5 Å². The highest BCUT2D eigenvalue weighted by Crippen LogP contribution is 2.47. The summed E-state index contributed by atoms with van der Waals surface area (Å²) in [5.74, 6) is -1.82. The van der Waals surface area contributed by atoms with Crippen LogP contribution in [0, 0.1) is 10.1 Å². The SMILES string of the molecule is COC(=O)C1=C(N)N(c2ccc(S(N)(=O)=O)cc2)C2=C(C(=O)CCC2)[C@H]1c1ccc([N+](=O)[O-])cc1. The van der Waals surface area contributed by atoms with E-state index >= 15 is 0 Å². The topological polar surface area (TPSA) is 176 Å². The molecule has 0 spiro atoms. The van der Waals surface area contributed by atoms with Gasteiger partial charge in [-0.05, 0) is 42.7 Å². The molecule has 0 fully saturated rings. The lowest BCUT2D eigenvalue weighted by Crippen LogP contribution is -2.40. The number of nitrogens with two attached hydrogens (primary N) is 2. The van der Waals surface area contributed by atoms with E-state index in [1.807, 2.05) is 0 Å². The number of ketones is 1. The minimum Gasteiger partial charge on any atom is -0.466 e. The number of nitro benzene ring substituents is 1. The third-order valence-electron chi connectivity index (χ3n) is 6.06. The van der Waals surface area contributed by atoms with Crippen LogP contribution in [0.25, 0.3) is 0 Å². The van der Waals surface area contributed by atoms with E-state index in [1.54, 1.807) is 4.90 Å². The van der Waals surface area contributed by atoms with Crippen molar-refractivity contribution >= 4 is 33.2 Å². The Morgan fingerprint density at radius 1 is 1.11 bits per heavy atom. The molecular formula is C23H22N4O7S. The van der Waals surface area contributed by atoms with Gasteiger partial charge in [0.05, 0.1) is 28.4 Å². The van der Waals surface area contributed by atoms with Crippen molar-refractivity contribution in [3.63, 3.8) is 0 Å². The predicted octanol–water partition coefficient (Wildman–Crippen LogP) is 2.20. The Morgan fingerprint density at radius 3 is 2.29 bits per heavy atom.